The molecule has 0 N–H and O–H groups in total. The molecule has 5 rings (SSSR count). The molecule has 0 saturated heterocycles. The molecule has 210 valence electrons. The van der Waals surface area contributed by atoms with Crippen LogP contribution in [0.25, 0.3) is 22.2 Å². The van der Waals surface area contributed by atoms with Crippen molar-refractivity contribution in [3.8, 4) is 17.0 Å². The van der Waals surface area contributed by atoms with Crippen LogP contribution in [0.3, 0.4) is 0 Å². The van der Waals surface area contributed by atoms with E-state index in [0.29, 0.717) is 17.0 Å². The highest BCUT2D eigenvalue weighted by molar-refractivity contribution is 6.30. The van der Waals surface area contributed by atoms with E-state index in [-0.39, 0.29) is 47.0 Å². The number of nitrogens with zero attached hydrogens (tertiary/aromatic N) is 2. The van der Waals surface area contributed by atoms with Crippen molar-refractivity contribution in [3.63, 3.8) is 0 Å². The number of benzene rings is 4. The fourth-order valence-electron chi connectivity index (χ4n) is 4.50. The van der Waals surface area contributed by atoms with Gasteiger partial charge in [0.05, 0.1) is 31.3 Å². The maximum Gasteiger partial charge on any atom is 0.418 e. The Bertz CT molecular complexity index is 1720. The molecule has 0 aliphatic carbocycles. The summed E-state index contributed by atoms with van der Waals surface area (Å²) in [6.07, 6.45) is -4.46. The first kappa shape index (κ1) is 28.2. The van der Waals surface area contributed by atoms with Gasteiger partial charge in [0.1, 0.15) is 23.7 Å². The lowest BCUT2D eigenvalue weighted by molar-refractivity contribution is -0.140. The zero-order valence-corrected chi connectivity index (χ0v) is 22.5. The van der Waals surface area contributed by atoms with Crippen LogP contribution in [0, 0.1) is 5.82 Å². The number of aromatic nitrogens is 2. The number of hydrogen-bond donors (Lipinski definition) is 0. The molecule has 0 atom stereocenters. The van der Waals surface area contributed by atoms with Crippen molar-refractivity contribution in [2.45, 2.75) is 25.7 Å². The summed E-state index contributed by atoms with van der Waals surface area (Å²) in [5.41, 5.74) is 1.70. The molecule has 10 heteroatoms. The van der Waals surface area contributed by atoms with Crippen molar-refractivity contribution in [2.24, 2.45) is 0 Å². The van der Waals surface area contributed by atoms with Crippen molar-refractivity contribution in [1.82, 2.24) is 9.78 Å². The lowest BCUT2D eigenvalue weighted by atomic mass is 10.0. The fraction of sp³-hybridized carbons (Fsp3) is 0.161. The average Bonchev–Trinajstić information content (AvgIpc) is 3.31. The molecule has 0 bridgehead atoms. The van der Waals surface area contributed by atoms with Crippen LogP contribution in [0.1, 0.15) is 22.3 Å². The minimum atomic E-state index is -4.63. The molecule has 0 fully saturated rings. The van der Waals surface area contributed by atoms with Crippen molar-refractivity contribution in [3.05, 3.63) is 118 Å². The van der Waals surface area contributed by atoms with Crippen LogP contribution in [0.4, 0.5) is 17.6 Å². The lowest BCUT2D eigenvalue weighted by Gasteiger charge is -2.12. The average molecular weight is 583 g/mol. The van der Waals surface area contributed by atoms with Crippen LogP contribution >= 0.6 is 11.6 Å². The zero-order valence-electron chi connectivity index (χ0n) is 21.7. The van der Waals surface area contributed by atoms with Crippen LogP contribution in [0.2, 0.25) is 5.02 Å². The Kier molecular flexibility index (Phi) is 7.99. The van der Waals surface area contributed by atoms with Gasteiger partial charge in [-0.05, 0) is 41.5 Å². The monoisotopic (exact) mass is 582 g/mol. The van der Waals surface area contributed by atoms with E-state index >= 15 is 0 Å². The first-order valence-corrected chi connectivity index (χ1v) is 12.9. The second kappa shape index (κ2) is 11.6. The Balaban J connectivity index is 1.49. The van der Waals surface area contributed by atoms with Crippen molar-refractivity contribution in [1.29, 1.82) is 0 Å². The molecule has 5 nitrogen and oxygen atoms in total. The van der Waals surface area contributed by atoms with Crippen LogP contribution in [0.5, 0.6) is 5.75 Å². The highest BCUT2D eigenvalue weighted by atomic mass is 35.5. The van der Waals surface area contributed by atoms with Crippen LogP contribution in [-0.2, 0) is 35.3 Å². The Morgan fingerprint density at radius 3 is 2.39 bits per heavy atom. The molecule has 1 heterocycles. The normalized spacial score (nSPS) is 11.6. The predicted molar refractivity (Wildman–Crippen MR) is 147 cm³/mol. The topological polar surface area (TPSA) is 53.4 Å². The standard InChI is InChI=1S/C31H23ClF4N2O3/c1-40-28(39)14-19-8-10-20(11-9-19)18-41-24-5-2-4-21(15-24)30-25-6-3-7-26(31(34,35)36)29(25)37-38(30)17-22-12-13-23(32)16-27(22)33/h2-13,15-16H,14,17-18H2,1H3. The van der Waals surface area contributed by atoms with E-state index in [1.54, 1.807) is 30.3 Å². The van der Waals surface area contributed by atoms with Crippen molar-refractivity contribution >= 4 is 28.5 Å². The van der Waals surface area contributed by atoms with E-state index in [2.05, 4.69) is 9.84 Å². The smallest absolute Gasteiger partial charge is 0.418 e. The summed E-state index contributed by atoms with van der Waals surface area (Å²) in [4.78, 5) is 11.5. The molecule has 0 amide bonds. The van der Waals surface area contributed by atoms with E-state index in [4.69, 9.17) is 16.3 Å². The van der Waals surface area contributed by atoms with Gasteiger partial charge in [0.2, 0.25) is 0 Å². The first-order valence-electron chi connectivity index (χ1n) is 12.5. The first-order chi connectivity index (χ1) is 19.6. The maximum absolute atomic E-state index is 14.7. The summed E-state index contributed by atoms with van der Waals surface area (Å²) in [5, 5.41) is 4.77. The summed E-state index contributed by atoms with van der Waals surface area (Å²) < 4.78 is 68.3. The van der Waals surface area contributed by atoms with E-state index in [0.717, 1.165) is 23.3 Å². The highest BCUT2D eigenvalue weighted by Crippen LogP contribution is 2.39. The largest absolute Gasteiger partial charge is 0.489 e. The number of rotatable bonds is 8. The van der Waals surface area contributed by atoms with E-state index in [1.165, 1.54) is 30.0 Å². The minimum Gasteiger partial charge on any atom is -0.489 e. The van der Waals surface area contributed by atoms with Gasteiger partial charge in [0.25, 0.3) is 0 Å². The molecule has 0 saturated carbocycles. The molecular weight excluding hydrogens is 560 g/mol. The number of carbonyl (C=O) groups is 1. The van der Waals surface area contributed by atoms with Gasteiger partial charge in [-0.15, -0.1) is 0 Å². The molecule has 5 aromatic rings. The van der Waals surface area contributed by atoms with Crippen LogP contribution < -0.4 is 4.74 Å². The van der Waals surface area contributed by atoms with E-state index in [9.17, 15) is 22.4 Å². The lowest BCUT2D eigenvalue weighted by Crippen LogP contribution is -2.07. The van der Waals surface area contributed by atoms with Gasteiger partial charge in [-0.1, -0.05) is 66.2 Å². The number of alkyl halides is 3. The van der Waals surface area contributed by atoms with Gasteiger partial charge in [-0.25, -0.2) is 4.39 Å². The molecule has 0 unspecified atom stereocenters. The van der Waals surface area contributed by atoms with Gasteiger partial charge >= 0.3 is 12.1 Å². The Labute approximate surface area is 237 Å². The van der Waals surface area contributed by atoms with Gasteiger partial charge < -0.3 is 9.47 Å². The second-order valence-corrected chi connectivity index (χ2v) is 9.76. The molecule has 0 radical (unpaired) electrons. The summed E-state index contributed by atoms with van der Waals surface area (Å²) in [6, 6.07) is 22.2. The van der Waals surface area contributed by atoms with Crippen LogP contribution in [-0.4, -0.2) is 22.9 Å². The summed E-state index contributed by atoms with van der Waals surface area (Å²) in [5.74, 6) is -0.445. The Morgan fingerprint density at radius 1 is 0.951 bits per heavy atom. The molecule has 41 heavy (non-hydrogen) atoms. The number of halogens is 5. The molecule has 0 aliphatic rings. The second-order valence-electron chi connectivity index (χ2n) is 9.33. The Morgan fingerprint density at radius 2 is 1.68 bits per heavy atom. The number of methoxy groups -OCH3 is 1. The van der Waals surface area contributed by atoms with Gasteiger partial charge in [0, 0.05) is 21.5 Å². The molecule has 4 aromatic carbocycles. The quantitative estimate of drug-likeness (QED) is 0.138. The third-order valence-corrected chi connectivity index (χ3v) is 6.76. The SMILES string of the molecule is COC(=O)Cc1ccc(COc2cccc(-c3c4cccc(C(F)(F)F)c4nn3Cc3ccc(Cl)cc3F)c2)cc1. The molecule has 0 aliphatic heterocycles. The zero-order chi connectivity index (χ0) is 29.1. The molecule has 1 aromatic heterocycles. The fourth-order valence-corrected chi connectivity index (χ4v) is 4.66. The molecule has 0 spiro atoms. The van der Waals surface area contributed by atoms with Gasteiger partial charge in [-0.3, -0.25) is 9.48 Å². The van der Waals surface area contributed by atoms with Crippen molar-refractivity contribution in [2.75, 3.05) is 7.11 Å². The summed E-state index contributed by atoms with van der Waals surface area (Å²) in [7, 11) is 1.33. The van der Waals surface area contributed by atoms with E-state index < -0.39 is 17.6 Å². The Hall–Kier alpha value is -4.37. The van der Waals surface area contributed by atoms with Gasteiger partial charge in [0.15, 0.2) is 0 Å². The number of ether oxygens (including phenoxy) is 2. The maximum atomic E-state index is 14.7. The van der Waals surface area contributed by atoms with Crippen LogP contribution in [0.15, 0.2) is 84.9 Å². The van der Waals surface area contributed by atoms with Gasteiger partial charge in [-0.2, -0.15) is 18.3 Å². The third kappa shape index (κ3) is 6.36. The number of esters is 1. The predicted octanol–water partition coefficient (Wildman–Crippen LogP) is 7.86. The third-order valence-electron chi connectivity index (χ3n) is 6.52. The number of fused-ring (bicyclic) bond motifs is 1. The van der Waals surface area contributed by atoms with Crippen molar-refractivity contribution < 1.29 is 31.8 Å². The number of carbonyl (C=O) groups excluding carboxylic acids is 1. The molecular formula is C31H23ClF4N2O3. The summed E-state index contributed by atoms with van der Waals surface area (Å²) >= 11 is 5.89. The minimum absolute atomic E-state index is 0.118. The number of hydrogen-bond acceptors (Lipinski definition) is 4. The van der Waals surface area contributed by atoms with E-state index in [1.807, 2.05) is 24.3 Å². The summed E-state index contributed by atoms with van der Waals surface area (Å²) in [6.45, 7) is 0.101. The highest BCUT2D eigenvalue weighted by Gasteiger charge is 2.34.